The minimum atomic E-state index is -0.0616. The number of likely N-dealkylation sites (tertiary alicyclic amines) is 1. The van der Waals surface area contributed by atoms with Gasteiger partial charge in [-0.2, -0.15) is 0 Å². The number of carbonyl (C=O) groups excluding carboxylic acids is 2. The molecule has 0 aliphatic carbocycles. The van der Waals surface area contributed by atoms with E-state index >= 15 is 0 Å². The number of carbonyl (C=O) groups is 2. The Kier molecular flexibility index (Phi) is 5.11. The van der Waals surface area contributed by atoms with Gasteiger partial charge in [0.1, 0.15) is 5.82 Å². The molecule has 0 radical (unpaired) electrons. The number of rotatable bonds is 4. The summed E-state index contributed by atoms with van der Waals surface area (Å²) >= 11 is 0. The average molecular weight is 384 g/mol. The molecule has 2 aliphatic heterocycles. The summed E-state index contributed by atoms with van der Waals surface area (Å²) in [6.07, 6.45) is 1.67. The first-order valence-corrected chi connectivity index (χ1v) is 10.1. The van der Waals surface area contributed by atoms with Gasteiger partial charge in [-0.05, 0) is 31.9 Å². The lowest BCUT2D eigenvalue weighted by atomic mass is 10.0. The van der Waals surface area contributed by atoms with Gasteiger partial charge in [-0.15, -0.1) is 0 Å². The number of nitrogens with zero attached hydrogens (tertiary/aromatic N) is 5. The molecule has 2 aliphatic rings. The lowest BCUT2D eigenvalue weighted by Gasteiger charge is -2.36. The van der Waals surface area contributed by atoms with E-state index in [-0.39, 0.29) is 18.1 Å². The first-order valence-electron chi connectivity index (χ1n) is 10.1. The molecule has 2 fully saturated rings. The monoisotopic (exact) mass is 384 g/mol. The first kappa shape index (κ1) is 18.6. The van der Waals surface area contributed by atoms with Crippen molar-refractivity contribution in [2.75, 3.05) is 32.7 Å². The van der Waals surface area contributed by atoms with Crippen LogP contribution in [0.3, 0.4) is 0 Å². The first-order chi connectivity index (χ1) is 13.6. The van der Waals surface area contributed by atoms with E-state index in [0.717, 1.165) is 49.3 Å². The van der Waals surface area contributed by atoms with Crippen LogP contribution in [0.5, 0.6) is 0 Å². The van der Waals surface area contributed by atoms with E-state index in [4.69, 9.17) is 0 Å². The number of amides is 4. The third kappa shape index (κ3) is 3.39. The van der Waals surface area contributed by atoms with Crippen LogP contribution in [0.1, 0.15) is 25.6 Å². The summed E-state index contributed by atoms with van der Waals surface area (Å²) in [5.41, 5.74) is 2.00. The SMILES string of the molecule is CCN1CCN(C2CCN(C(=O)NCc3nc4ccccc4n3C)CC2)C1=O. The Morgan fingerprint density at radius 3 is 2.61 bits per heavy atom. The molecule has 28 heavy (non-hydrogen) atoms. The number of piperidine rings is 1. The van der Waals surface area contributed by atoms with Crippen LogP contribution < -0.4 is 5.32 Å². The quantitative estimate of drug-likeness (QED) is 0.876. The van der Waals surface area contributed by atoms with Gasteiger partial charge in [0, 0.05) is 45.8 Å². The van der Waals surface area contributed by atoms with Crippen LogP contribution in [0.2, 0.25) is 0 Å². The Balaban J connectivity index is 1.29. The van der Waals surface area contributed by atoms with Crippen molar-refractivity contribution < 1.29 is 9.59 Å². The van der Waals surface area contributed by atoms with E-state index in [2.05, 4.69) is 10.3 Å². The lowest BCUT2D eigenvalue weighted by Crippen LogP contribution is -2.50. The molecular weight excluding hydrogens is 356 g/mol. The molecule has 0 spiro atoms. The number of imidazole rings is 1. The van der Waals surface area contributed by atoms with Crippen molar-refractivity contribution in [3.05, 3.63) is 30.1 Å². The molecule has 3 heterocycles. The zero-order valence-electron chi connectivity index (χ0n) is 16.6. The lowest BCUT2D eigenvalue weighted by molar-refractivity contribution is 0.135. The predicted molar refractivity (Wildman–Crippen MR) is 107 cm³/mol. The fourth-order valence-electron chi connectivity index (χ4n) is 4.23. The van der Waals surface area contributed by atoms with Crippen LogP contribution in [0.25, 0.3) is 11.0 Å². The minimum Gasteiger partial charge on any atom is -0.331 e. The maximum atomic E-state index is 12.6. The second-order valence-electron chi connectivity index (χ2n) is 7.51. The van der Waals surface area contributed by atoms with Gasteiger partial charge >= 0.3 is 12.1 Å². The standard InChI is InChI=1S/C20H28N6O2/c1-3-24-12-13-26(20(24)28)15-8-10-25(11-9-15)19(27)21-14-18-22-16-6-4-5-7-17(16)23(18)2/h4-7,15H,3,8-14H2,1-2H3,(H,21,27). The number of aryl methyl sites for hydroxylation is 1. The number of nitrogens with one attached hydrogen (secondary N) is 1. The van der Waals surface area contributed by atoms with Crippen molar-refractivity contribution in [2.45, 2.75) is 32.4 Å². The summed E-state index contributed by atoms with van der Waals surface area (Å²) in [4.78, 5) is 35.3. The van der Waals surface area contributed by atoms with E-state index in [0.29, 0.717) is 19.6 Å². The molecule has 2 saturated heterocycles. The van der Waals surface area contributed by atoms with E-state index in [1.165, 1.54) is 0 Å². The van der Waals surface area contributed by atoms with Crippen molar-refractivity contribution in [2.24, 2.45) is 7.05 Å². The number of fused-ring (bicyclic) bond motifs is 1. The molecule has 0 bridgehead atoms. The van der Waals surface area contributed by atoms with Gasteiger partial charge in [-0.1, -0.05) is 12.1 Å². The van der Waals surface area contributed by atoms with Gasteiger partial charge in [0.15, 0.2) is 0 Å². The molecule has 4 rings (SSSR count). The highest BCUT2D eigenvalue weighted by Crippen LogP contribution is 2.21. The van der Waals surface area contributed by atoms with Gasteiger partial charge in [-0.25, -0.2) is 14.6 Å². The summed E-state index contributed by atoms with van der Waals surface area (Å²) in [6.45, 7) is 6.14. The van der Waals surface area contributed by atoms with Gasteiger partial charge in [0.05, 0.1) is 17.6 Å². The molecule has 8 nitrogen and oxygen atoms in total. The smallest absolute Gasteiger partial charge is 0.320 e. The molecule has 0 saturated carbocycles. The number of aromatic nitrogens is 2. The van der Waals surface area contributed by atoms with Crippen LogP contribution in [0, 0.1) is 0 Å². The largest absolute Gasteiger partial charge is 0.331 e. The highest BCUT2D eigenvalue weighted by Gasteiger charge is 2.35. The van der Waals surface area contributed by atoms with Crippen LogP contribution in [-0.4, -0.2) is 75.1 Å². The Labute approximate surface area is 165 Å². The number of urea groups is 2. The highest BCUT2D eigenvalue weighted by molar-refractivity contribution is 5.78. The van der Waals surface area contributed by atoms with Crippen LogP contribution in [-0.2, 0) is 13.6 Å². The summed E-state index contributed by atoms with van der Waals surface area (Å²) in [5, 5.41) is 2.99. The summed E-state index contributed by atoms with van der Waals surface area (Å²) in [6, 6.07) is 8.28. The maximum Gasteiger partial charge on any atom is 0.320 e. The molecule has 0 atom stereocenters. The van der Waals surface area contributed by atoms with Gasteiger partial charge in [-0.3, -0.25) is 0 Å². The number of para-hydroxylation sites is 2. The molecule has 150 valence electrons. The molecule has 1 aromatic heterocycles. The molecule has 1 N–H and O–H groups in total. The number of hydrogen-bond donors (Lipinski definition) is 1. The van der Waals surface area contributed by atoms with Crippen LogP contribution in [0.4, 0.5) is 9.59 Å². The maximum absolute atomic E-state index is 12.6. The van der Waals surface area contributed by atoms with Gasteiger partial charge < -0.3 is 24.6 Å². The minimum absolute atomic E-state index is 0.0616. The van der Waals surface area contributed by atoms with E-state index in [1.54, 1.807) is 0 Å². The molecule has 4 amide bonds. The predicted octanol–water partition coefficient (Wildman–Crippen LogP) is 2.00. The third-order valence-corrected chi connectivity index (χ3v) is 5.98. The van der Waals surface area contributed by atoms with Crippen LogP contribution >= 0.6 is 0 Å². The van der Waals surface area contributed by atoms with Crippen molar-refractivity contribution in [1.29, 1.82) is 0 Å². The Bertz CT molecular complexity index is 871. The summed E-state index contributed by atoms with van der Waals surface area (Å²) in [7, 11) is 1.97. The average Bonchev–Trinajstić information content (AvgIpc) is 3.26. The van der Waals surface area contributed by atoms with Crippen LogP contribution in [0.15, 0.2) is 24.3 Å². The molecular formula is C20H28N6O2. The zero-order chi connectivity index (χ0) is 19.7. The normalized spacial score (nSPS) is 18.4. The van der Waals surface area contributed by atoms with Gasteiger partial charge in [0.25, 0.3) is 0 Å². The molecule has 2 aromatic rings. The third-order valence-electron chi connectivity index (χ3n) is 5.98. The topological polar surface area (TPSA) is 73.7 Å². The van der Waals surface area contributed by atoms with E-state index in [9.17, 15) is 9.59 Å². The zero-order valence-corrected chi connectivity index (χ0v) is 16.6. The van der Waals surface area contributed by atoms with E-state index < -0.39 is 0 Å². The molecule has 8 heteroatoms. The van der Waals surface area contributed by atoms with Gasteiger partial charge in [0.2, 0.25) is 0 Å². The molecule has 0 unspecified atom stereocenters. The number of hydrogen-bond acceptors (Lipinski definition) is 3. The number of likely N-dealkylation sites (N-methyl/N-ethyl adjacent to an activating group) is 1. The fourth-order valence-corrected chi connectivity index (χ4v) is 4.23. The van der Waals surface area contributed by atoms with E-state index in [1.807, 2.05) is 57.5 Å². The second kappa shape index (κ2) is 7.69. The fraction of sp³-hybridized carbons (Fsp3) is 0.550. The van der Waals surface area contributed by atoms with Crippen molar-refractivity contribution >= 4 is 23.1 Å². The second-order valence-corrected chi connectivity index (χ2v) is 7.51. The van der Waals surface area contributed by atoms with Crippen molar-refractivity contribution in [1.82, 2.24) is 29.6 Å². The molecule has 1 aromatic carbocycles. The summed E-state index contributed by atoms with van der Waals surface area (Å²) < 4.78 is 2.01. The highest BCUT2D eigenvalue weighted by atomic mass is 16.2. The Hall–Kier alpha value is -2.77. The number of benzene rings is 1. The van der Waals surface area contributed by atoms with Crippen molar-refractivity contribution in [3.8, 4) is 0 Å². The Morgan fingerprint density at radius 1 is 1.18 bits per heavy atom. The Morgan fingerprint density at radius 2 is 1.93 bits per heavy atom. The summed E-state index contributed by atoms with van der Waals surface area (Å²) in [5.74, 6) is 0.840. The van der Waals surface area contributed by atoms with Crippen molar-refractivity contribution in [3.63, 3.8) is 0 Å².